The Morgan fingerprint density at radius 2 is 1.69 bits per heavy atom. The third kappa shape index (κ3) is 3.58. The fourth-order valence-electron chi connectivity index (χ4n) is 3.74. The van der Waals surface area contributed by atoms with Crippen LogP contribution in [0.2, 0.25) is 0 Å². The van der Waals surface area contributed by atoms with Crippen LogP contribution in [0.25, 0.3) is 0 Å². The molecular formula is C25H26N2O2. The van der Waals surface area contributed by atoms with Gasteiger partial charge < -0.3 is 10.1 Å². The molecule has 1 aliphatic rings. The summed E-state index contributed by atoms with van der Waals surface area (Å²) in [6.07, 6.45) is 0.795. The number of nitrogens with one attached hydrogen (secondary N) is 1. The molecule has 0 saturated heterocycles. The van der Waals surface area contributed by atoms with Gasteiger partial charge in [-0.25, -0.2) is 0 Å². The van der Waals surface area contributed by atoms with Gasteiger partial charge in [-0.05, 0) is 59.9 Å². The minimum Gasteiger partial charge on any atom is -0.497 e. The Morgan fingerprint density at radius 3 is 2.34 bits per heavy atom. The van der Waals surface area contributed by atoms with Crippen LogP contribution in [0.15, 0.2) is 72.8 Å². The predicted octanol–water partition coefficient (Wildman–Crippen LogP) is 5.98. The topological polar surface area (TPSA) is 41.6 Å². The van der Waals surface area contributed by atoms with Crippen molar-refractivity contribution >= 4 is 17.3 Å². The van der Waals surface area contributed by atoms with E-state index in [1.54, 1.807) is 7.11 Å². The van der Waals surface area contributed by atoms with E-state index in [2.05, 4.69) is 31.3 Å². The summed E-state index contributed by atoms with van der Waals surface area (Å²) < 4.78 is 5.29. The maximum absolute atomic E-state index is 13.5. The highest BCUT2D eigenvalue weighted by Crippen LogP contribution is 2.37. The molecule has 4 rings (SSSR count). The van der Waals surface area contributed by atoms with Crippen LogP contribution in [-0.4, -0.2) is 13.0 Å². The lowest BCUT2D eigenvalue weighted by Crippen LogP contribution is -2.43. The van der Waals surface area contributed by atoms with Gasteiger partial charge in [0.25, 0.3) is 5.91 Å². The van der Waals surface area contributed by atoms with Crippen LogP contribution >= 0.6 is 0 Å². The molecule has 0 unspecified atom stereocenters. The summed E-state index contributed by atoms with van der Waals surface area (Å²) in [6, 6.07) is 23.9. The lowest BCUT2D eigenvalue weighted by atomic mass is 9.97. The number of methoxy groups -OCH3 is 1. The maximum atomic E-state index is 13.5. The number of nitrogens with zero attached hydrogens (tertiary/aromatic N) is 1. The summed E-state index contributed by atoms with van der Waals surface area (Å²) in [5.41, 5.74) is 4.70. The van der Waals surface area contributed by atoms with E-state index in [1.165, 1.54) is 5.56 Å². The minimum absolute atomic E-state index is 0.00328. The molecule has 0 bridgehead atoms. The molecule has 4 heteroatoms. The second-order valence-electron chi connectivity index (χ2n) is 7.44. The summed E-state index contributed by atoms with van der Waals surface area (Å²) in [7, 11) is 1.65. The largest absolute Gasteiger partial charge is 0.497 e. The van der Waals surface area contributed by atoms with E-state index >= 15 is 0 Å². The molecule has 3 aromatic rings. The number of anilines is 2. The molecule has 1 aliphatic heterocycles. The zero-order valence-corrected chi connectivity index (χ0v) is 17.1. The number of fused-ring (bicyclic) bond motifs is 1. The van der Waals surface area contributed by atoms with Gasteiger partial charge in [0.2, 0.25) is 0 Å². The summed E-state index contributed by atoms with van der Waals surface area (Å²) in [6.45, 7) is 4.41. The van der Waals surface area contributed by atoms with Gasteiger partial charge in [0.1, 0.15) is 11.9 Å². The fourth-order valence-corrected chi connectivity index (χ4v) is 3.74. The van der Waals surface area contributed by atoms with E-state index < -0.39 is 0 Å². The highest BCUT2D eigenvalue weighted by atomic mass is 16.5. The van der Waals surface area contributed by atoms with E-state index in [4.69, 9.17) is 4.74 Å². The molecular weight excluding hydrogens is 360 g/mol. The van der Waals surface area contributed by atoms with Crippen LogP contribution in [0.3, 0.4) is 0 Å². The van der Waals surface area contributed by atoms with Crippen molar-refractivity contribution < 1.29 is 9.53 Å². The number of carbonyl (C=O) groups is 1. The summed E-state index contributed by atoms with van der Waals surface area (Å²) in [5, 5.41) is 3.54. The van der Waals surface area contributed by atoms with Crippen molar-refractivity contribution in [3.63, 3.8) is 0 Å². The molecule has 0 saturated carbocycles. The van der Waals surface area contributed by atoms with Crippen molar-refractivity contribution in [3.8, 4) is 5.75 Å². The molecule has 4 nitrogen and oxygen atoms in total. The van der Waals surface area contributed by atoms with Gasteiger partial charge in [-0.15, -0.1) is 0 Å². The van der Waals surface area contributed by atoms with Crippen LogP contribution in [0.5, 0.6) is 5.75 Å². The van der Waals surface area contributed by atoms with Gasteiger partial charge in [-0.3, -0.25) is 9.69 Å². The molecule has 1 N–H and O–H groups in total. The van der Waals surface area contributed by atoms with Gasteiger partial charge >= 0.3 is 0 Å². The van der Waals surface area contributed by atoms with Crippen molar-refractivity contribution in [2.45, 2.75) is 32.4 Å². The Morgan fingerprint density at radius 1 is 1.00 bits per heavy atom. The van der Waals surface area contributed by atoms with Crippen LogP contribution in [0, 0.1) is 0 Å². The van der Waals surface area contributed by atoms with Crippen LogP contribution in [0.1, 0.15) is 53.8 Å². The first-order valence-electron chi connectivity index (χ1n) is 10.1. The zero-order chi connectivity index (χ0) is 20.4. The van der Waals surface area contributed by atoms with Crippen molar-refractivity contribution in [2.24, 2.45) is 0 Å². The molecule has 148 valence electrons. The first-order chi connectivity index (χ1) is 14.1. The highest BCUT2D eigenvalue weighted by molar-refractivity contribution is 6.12. The molecule has 1 amide bonds. The Balaban J connectivity index is 1.77. The number of benzene rings is 3. The Kier molecular flexibility index (Phi) is 5.26. The smallest absolute Gasteiger partial charge is 0.262 e. The number of rotatable bonds is 5. The highest BCUT2D eigenvalue weighted by Gasteiger charge is 2.34. The average molecular weight is 386 g/mol. The summed E-state index contributed by atoms with van der Waals surface area (Å²) >= 11 is 0. The van der Waals surface area contributed by atoms with E-state index in [0.29, 0.717) is 11.5 Å². The van der Waals surface area contributed by atoms with Gasteiger partial charge in [0.15, 0.2) is 0 Å². The van der Waals surface area contributed by atoms with Gasteiger partial charge in [-0.1, -0.05) is 50.2 Å². The molecule has 29 heavy (non-hydrogen) atoms. The SMILES string of the molecule is CC[C@H](C)c1ccc(N2C(=O)c3ccccc3N[C@H]2c2ccc(OC)cc2)cc1. The monoisotopic (exact) mass is 386 g/mol. The van der Waals surface area contributed by atoms with E-state index in [9.17, 15) is 4.79 Å². The van der Waals surface area contributed by atoms with Crippen LogP contribution in [0.4, 0.5) is 11.4 Å². The number of hydrogen-bond donors (Lipinski definition) is 1. The van der Waals surface area contributed by atoms with Crippen LogP contribution in [-0.2, 0) is 0 Å². The standard InChI is InChI=1S/C25H26N2O2/c1-4-17(2)18-9-13-20(14-10-18)27-24(19-11-15-21(29-3)16-12-19)26-23-8-6-5-7-22(23)25(27)28/h5-17,24,26H,4H2,1-3H3/t17-,24+/m0/s1. The molecule has 1 heterocycles. The van der Waals surface area contributed by atoms with Gasteiger partial charge in [0, 0.05) is 11.4 Å². The van der Waals surface area contributed by atoms with E-state index in [1.807, 2.05) is 65.6 Å². The molecule has 3 aromatic carbocycles. The second-order valence-corrected chi connectivity index (χ2v) is 7.44. The quantitative estimate of drug-likeness (QED) is 0.586. The third-order valence-electron chi connectivity index (χ3n) is 5.71. The van der Waals surface area contributed by atoms with Gasteiger partial charge in [-0.2, -0.15) is 0 Å². The predicted molar refractivity (Wildman–Crippen MR) is 118 cm³/mol. The maximum Gasteiger partial charge on any atom is 0.262 e. The van der Waals surface area contributed by atoms with Crippen molar-refractivity contribution in [3.05, 3.63) is 89.5 Å². The second kappa shape index (κ2) is 8.00. The molecule has 0 aromatic heterocycles. The Labute approximate surface area is 172 Å². The molecule has 2 atom stereocenters. The van der Waals surface area contributed by atoms with Crippen molar-refractivity contribution in [1.82, 2.24) is 0 Å². The molecule has 0 radical (unpaired) electrons. The lowest BCUT2D eigenvalue weighted by Gasteiger charge is -2.38. The van der Waals surface area contributed by atoms with Crippen molar-refractivity contribution in [2.75, 3.05) is 17.3 Å². The number of carbonyl (C=O) groups excluding carboxylic acids is 1. The summed E-state index contributed by atoms with van der Waals surface area (Å²) in [4.78, 5) is 15.3. The number of para-hydroxylation sites is 1. The van der Waals surface area contributed by atoms with Gasteiger partial charge in [0.05, 0.1) is 12.7 Å². The first kappa shape index (κ1) is 19.1. The number of amides is 1. The fraction of sp³-hybridized carbons (Fsp3) is 0.240. The Bertz CT molecular complexity index is 996. The minimum atomic E-state index is -0.294. The number of hydrogen-bond acceptors (Lipinski definition) is 3. The summed E-state index contributed by atoms with van der Waals surface area (Å²) in [5.74, 6) is 1.29. The Hall–Kier alpha value is -3.27. The molecule has 0 aliphatic carbocycles. The van der Waals surface area contributed by atoms with Crippen LogP contribution < -0.4 is 15.0 Å². The van der Waals surface area contributed by atoms with E-state index in [0.717, 1.165) is 29.1 Å². The normalized spacial score (nSPS) is 16.7. The molecule has 0 fully saturated rings. The lowest BCUT2D eigenvalue weighted by molar-refractivity contribution is 0.0975. The van der Waals surface area contributed by atoms with E-state index in [-0.39, 0.29) is 12.1 Å². The zero-order valence-electron chi connectivity index (χ0n) is 17.1. The first-order valence-corrected chi connectivity index (χ1v) is 10.1. The molecule has 0 spiro atoms. The third-order valence-corrected chi connectivity index (χ3v) is 5.71. The average Bonchev–Trinajstić information content (AvgIpc) is 2.79. The van der Waals surface area contributed by atoms with Crippen molar-refractivity contribution in [1.29, 1.82) is 0 Å². The number of ether oxygens (including phenoxy) is 1.